The molecule has 0 bridgehead atoms. The molecule has 0 radical (unpaired) electrons. The van der Waals surface area contributed by atoms with Crippen molar-refractivity contribution in [2.75, 3.05) is 13.1 Å². The SMILES string of the molecule is C=CN1CCNC(=O)C1=O. The van der Waals surface area contributed by atoms with Crippen LogP contribution in [-0.4, -0.2) is 29.8 Å². The lowest BCUT2D eigenvalue weighted by atomic mass is 10.3. The Morgan fingerprint density at radius 2 is 2.30 bits per heavy atom. The number of hydrogen-bond acceptors (Lipinski definition) is 2. The van der Waals surface area contributed by atoms with Crippen LogP contribution in [0.15, 0.2) is 12.8 Å². The first-order chi connectivity index (χ1) is 4.75. The molecule has 4 heteroatoms. The molecule has 1 aliphatic rings. The molecule has 54 valence electrons. The van der Waals surface area contributed by atoms with Crippen LogP contribution in [0.2, 0.25) is 0 Å². The summed E-state index contributed by atoms with van der Waals surface area (Å²) < 4.78 is 0. The number of nitrogens with one attached hydrogen (secondary N) is 1. The zero-order chi connectivity index (χ0) is 7.56. The van der Waals surface area contributed by atoms with Gasteiger partial charge in [0.25, 0.3) is 0 Å². The van der Waals surface area contributed by atoms with E-state index < -0.39 is 11.8 Å². The third-order valence-electron chi connectivity index (χ3n) is 1.31. The molecule has 0 aromatic rings. The minimum absolute atomic E-state index is 0.511. The molecule has 1 saturated heterocycles. The van der Waals surface area contributed by atoms with E-state index >= 15 is 0 Å². The zero-order valence-electron chi connectivity index (χ0n) is 5.46. The molecule has 2 amide bonds. The lowest BCUT2D eigenvalue weighted by Crippen LogP contribution is -2.49. The average molecular weight is 140 g/mol. The first-order valence-electron chi connectivity index (χ1n) is 2.97. The van der Waals surface area contributed by atoms with E-state index in [9.17, 15) is 9.59 Å². The normalized spacial score (nSPS) is 18.6. The monoisotopic (exact) mass is 140 g/mol. The van der Waals surface area contributed by atoms with E-state index in [4.69, 9.17) is 0 Å². The van der Waals surface area contributed by atoms with Crippen molar-refractivity contribution < 1.29 is 9.59 Å². The van der Waals surface area contributed by atoms with Crippen molar-refractivity contribution in [3.63, 3.8) is 0 Å². The van der Waals surface area contributed by atoms with Crippen molar-refractivity contribution in [2.45, 2.75) is 0 Å². The minimum atomic E-state index is -0.550. The van der Waals surface area contributed by atoms with Gasteiger partial charge in [-0.25, -0.2) is 0 Å². The molecule has 10 heavy (non-hydrogen) atoms. The second-order valence-corrected chi connectivity index (χ2v) is 1.94. The summed E-state index contributed by atoms with van der Waals surface area (Å²) in [5, 5.41) is 2.42. The summed E-state index contributed by atoms with van der Waals surface area (Å²) in [6.07, 6.45) is 1.36. The third-order valence-corrected chi connectivity index (χ3v) is 1.31. The Morgan fingerprint density at radius 1 is 1.60 bits per heavy atom. The maximum atomic E-state index is 10.8. The molecule has 0 aromatic carbocycles. The van der Waals surface area contributed by atoms with Crippen LogP contribution in [0.3, 0.4) is 0 Å². The standard InChI is InChI=1S/C6H8N2O2/c1-2-8-4-3-7-5(9)6(8)10/h2H,1,3-4H2,(H,7,9). The van der Waals surface area contributed by atoms with Gasteiger partial charge in [-0.3, -0.25) is 9.59 Å². The fraction of sp³-hybridized carbons (Fsp3) is 0.333. The summed E-state index contributed by atoms with van der Waals surface area (Å²) in [6, 6.07) is 0. The molecular formula is C6H8N2O2. The Balaban J connectivity index is 2.68. The maximum Gasteiger partial charge on any atom is 0.315 e. The lowest BCUT2D eigenvalue weighted by Gasteiger charge is -2.21. The molecule has 4 nitrogen and oxygen atoms in total. The van der Waals surface area contributed by atoms with Gasteiger partial charge in [0.05, 0.1) is 0 Å². The fourth-order valence-electron chi connectivity index (χ4n) is 0.772. The molecule has 1 heterocycles. The second kappa shape index (κ2) is 2.51. The van der Waals surface area contributed by atoms with E-state index in [1.54, 1.807) is 0 Å². The average Bonchev–Trinajstić information content (AvgIpc) is 1.95. The predicted molar refractivity (Wildman–Crippen MR) is 34.9 cm³/mol. The van der Waals surface area contributed by atoms with Crippen LogP contribution < -0.4 is 5.32 Å². The highest BCUT2D eigenvalue weighted by molar-refractivity contribution is 6.35. The van der Waals surface area contributed by atoms with E-state index in [1.165, 1.54) is 11.1 Å². The second-order valence-electron chi connectivity index (χ2n) is 1.94. The van der Waals surface area contributed by atoms with Gasteiger partial charge in [-0.15, -0.1) is 0 Å². The van der Waals surface area contributed by atoms with Crippen LogP contribution in [0.5, 0.6) is 0 Å². The van der Waals surface area contributed by atoms with E-state index in [0.717, 1.165) is 0 Å². The number of nitrogens with zero attached hydrogens (tertiary/aromatic N) is 1. The molecule has 0 saturated carbocycles. The zero-order valence-corrected chi connectivity index (χ0v) is 5.46. The van der Waals surface area contributed by atoms with Gasteiger partial charge in [0.2, 0.25) is 0 Å². The fourth-order valence-corrected chi connectivity index (χ4v) is 0.772. The Bertz CT molecular complexity index is 188. The molecule has 1 fully saturated rings. The Hall–Kier alpha value is -1.32. The smallest absolute Gasteiger partial charge is 0.315 e. The van der Waals surface area contributed by atoms with Crippen LogP contribution >= 0.6 is 0 Å². The Kier molecular flexibility index (Phi) is 1.71. The van der Waals surface area contributed by atoms with Gasteiger partial charge in [-0.05, 0) is 0 Å². The van der Waals surface area contributed by atoms with Gasteiger partial charge in [-0.1, -0.05) is 6.58 Å². The van der Waals surface area contributed by atoms with Gasteiger partial charge < -0.3 is 10.2 Å². The van der Waals surface area contributed by atoms with Crippen molar-refractivity contribution in [2.24, 2.45) is 0 Å². The van der Waals surface area contributed by atoms with E-state index in [-0.39, 0.29) is 0 Å². The largest absolute Gasteiger partial charge is 0.346 e. The number of hydrogen-bond donors (Lipinski definition) is 1. The highest BCUT2D eigenvalue weighted by Gasteiger charge is 2.23. The van der Waals surface area contributed by atoms with Crippen molar-refractivity contribution in [3.05, 3.63) is 12.8 Å². The quantitative estimate of drug-likeness (QED) is 0.479. The third kappa shape index (κ3) is 1.00. The number of piperazine rings is 1. The minimum Gasteiger partial charge on any atom is -0.346 e. The Morgan fingerprint density at radius 3 is 2.80 bits per heavy atom. The van der Waals surface area contributed by atoms with Crippen molar-refractivity contribution in [1.82, 2.24) is 10.2 Å². The first kappa shape index (κ1) is 6.80. The number of amides is 2. The van der Waals surface area contributed by atoms with Crippen LogP contribution in [0, 0.1) is 0 Å². The van der Waals surface area contributed by atoms with Crippen molar-refractivity contribution in [1.29, 1.82) is 0 Å². The molecule has 0 aliphatic carbocycles. The van der Waals surface area contributed by atoms with E-state index in [0.29, 0.717) is 13.1 Å². The molecule has 1 N–H and O–H groups in total. The molecule has 1 rings (SSSR count). The van der Waals surface area contributed by atoms with Crippen LogP contribution in [-0.2, 0) is 9.59 Å². The first-order valence-corrected chi connectivity index (χ1v) is 2.97. The summed E-state index contributed by atoms with van der Waals surface area (Å²) in [5.74, 6) is -1.08. The molecule has 0 atom stereocenters. The van der Waals surface area contributed by atoms with E-state index in [2.05, 4.69) is 11.9 Å². The summed E-state index contributed by atoms with van der Waals surface area (Å²) >= 11 is 0. The van der Waals surface area contributed by atoms with Crippen molar-refractivity contribution >= 4 is 11.8 Å². The highest BCUT2D eigenvalue weighted by atomic mass is 16.2. The lowest BCUT2D eigenvalue weighted by molar-refractivity contribution is -0.146. The van der Waals surface area contributed by atoms with Gasteiger partial charge in [0, 0.05) is 19.3 Å². The number of carbonyl (C=O) groups is 2. The Labute approximate surface area is 58.5 Å². The summed E-state index contributed by atoms with van der Waals surface area (Å²) in [6.45, 7) is 4.43. The highest BCUT2D eigenvalue weighted by Crippen LogP contribution is 1.93. The van der Waals surface area contributed by atoms with Gasteiger partial charge in [0.1, 0.15) is 0 Å². The summed E-state index contributed by atoms with van der Waals surface area (Å²) in [7, 11) is 0. The molecule has 0 unspecified atom stereocenters. The van der Waals surface area contributed by atoms with Crippen LogP contribution in [0.25, 0.3) is 0 Å². The predicted octanol–water partition coefficient (Wildman–Crippen LogP) is -0.912. The molecular weight excluding hydrogens is 132 g/mol. The summed E-state index contributed by atoms with van der Waals surface area (Å²) in [4.78, 5) is 22.7. The number of carbonyl (C=O) groups excluding carboxylic acids is 2. The van der Waals surface area contributed by atoms with Crippen LogP contribution in [0.4, 0.5) is 0 Å². The molecule has 0 aromatic heterocycles. The van der Waals surface area contributed by atoms with Gasteiger partial charge >= 0.3 is 11.8 Å². The maximum absolute atomic E-state index is 10.8. The molecule has 0 spiro atoms. The van der Waals surface area contributed by atoms with Gasteiger partial charge in [-0.2, -0.15) is 0 Å². The summed E-state index contributed by atoms with van der Waals surface area (Å²) in [5.41, 5.74) is 0. The molecule has 1 aliphatic heterocycles. The van der Waals surface area contributed by atoms with Crippen LogP contribution in [0.1, 0.15) is 0 Å². The number of rotatable bonds is 1. The topological polar surface area (TPSA) is 49.4 Å². The van der Waals surface area contributed by atoms with Gasteiger partial charge in [0.15, 0.2) is 0 Å². The van der Waals surface area contributed by atoms with Crippen molar-refractivity contribution in [3.8, 4) is 0 Å². The van der Waals surface area contributed by atoms with E-state index in [1.807, 2.05) is 0 Å².